The van der Waals surface area contributed by atoms with Gasteiger partial charge in [0.1, 0.15) is 68.2 Å². The molecular weight excluding hydrogens is 1660 g/mol. The van der Waals surface area contributed by atoms with Gasteiger partial charge in [0.05, 0.1) is 25.4 Å². The number of phenols is 8. The quantitative estimate of drug-likeness (QED) is 0.0329. The van der Waals surface area contributed by atoms with Gasteiger partial charge in [-0.15, -0.1) is 0 Å². The lowest BCUT2D eigenvalue weighted by Gasteiger charge is -2.15. The number of hydrogen-bond donors (Lipinski definition) is 8. The minimum absolute atomic E-state index is 0.120. The molecule has 8 N–H and O–H groups in total. The summed E-state index contributed by atoms with van der Waals surface area (Å²) in [4.78, 5) is 54.2. The van der Waals surface area contributed by atoms with Gasteiger partial charge in [-0.2, -0.15) is 39.9 Å². The third kappa shape index (κ3) is 16.6. The van der Waals surface area contributed by atoms with Gasteiger partial charge in [-0.25, -0.2) is 19.9 Å². The minimum Gasteiger partial charge on any atom is -0.507 e. The highest BCUT2D eigenvalue weighted by Crippen LogP contribution is 2.46. The molecule has 0 aliphatic heterocycles. The van der Waals surface area contributed by atoms with Crippen molar-refractivity contribution in [1.82, 2.24) is 59.8 Å². The van der Waals surface area contributed by atoms with Crippen molar-refractivity contribution in [3.05, 3.63) is 303 Å². The molecule has 24 heteroatoms. The molecule has 646 valence electrons. The second kappa shape index (κ2) is 35.7. The second-order valence-electron chi connectivity index (χ2n) is 31.7. The Morgan fingerprint density at radius 2 is 0.523 bits per heavy atom. The molecule has 0 spiro atoms. The van der Waals surface area contributed by atoms with E-state index in [1.165, 1.54) is 70.1 Å². The van der Waals surface area contributed by atoms with Gasteiger partial charge in [-0.05, 0) is 234 Å². The van der Waals surface area contributed by atoms with Crippen LogP contribution >= 0.6 is 0 Å². The Labute approximate surface area is 754 Å². The molecule has 0 aliphatic carbocycles. The maximum Gasteiger partial charge on any atom is 0.320 e. The van der Waals surface area contributed by atoms with Crippen LogP contribution in [-0.2, 0) is 0 Å². The summed E-state index contributed by atoms with van der Waals surface area (Å²) in [5, 5.41) is 105. The molecule has 22 rings (SSSR count). The predicted molar refractivity (Wildman–Crippen MR) is 516 cm³/mol. The van der Waals surface area contributed by atoms with E-state index in [0.717, 1.165) is 108 Å². The third-order valence-electron chi connectivity index (χ3n) is 22.4. The number of aromatic hydroxyl groups is 8. The van der Waals surface area contributed by atoms with Gasteiger partial charge in [-0.3, -0.25) is 0 Å². The van der Waals surface area contributed by atoms with E-state index in [9.17, 15) is 40.9 Å². The largest absolute Gasteiger partial charge is 0.507 e. The fourth-order valence-corrected chi connectivity index (χ4v) is 16.6. The lowest BCUT2D eigenvalue weighted by Crippen LogP contribution is -2.10. The first kappa shape index (κ1) is 84.0. The van der Waals surface area contributed by atoms with Crippen molar-refractivity contribution in [2.45, 2.75) is 53.8 Å². The van der Waals surface area contributed by atoms with Gasteiger partial charge in [0, 0.05) is 22.3 Å². The summed E-state index contributed by atoms with van der Waals surface area (Å²) in [6, 6.07) is 96.9. The van der Waals surface area contributed by atoms with E-state index in [1.54, 1.807) is 24.3 Å². The van der Waals surface area contributed by atoms with Crippen LogP contribution in [0.5, 0.6) is 70.0 Å². The first-order valence-corrected chi connectivity index (χ1v) is 42.8. The van der Waals surface area contributed by atoms with Gasteiger partial charge >= 0.3 is 24.0 Å². The van der Waals surface area contributed by atoms with Crippen molar-refractivity contribution in [2.75, 3.05) is 13.2 Å². The van der Waals surface area contributed by atoms with Crippen LogP contribution in [0.4, 0.5) is 0 Å². The Hall–Kier alpha value is -17.5. The number of nitrogens with zero attached hydrogens (tertiary/aromatic N) is 12. The van der Waals surface area contributed by atoms with E-state index >= 15 is 0 Å². The average molecular weight is 1740 g/mol. The van der Waals surface area contributed by atoms with Crippen LogP contribution in [-0.4, -0.2) is 126 Å². The Morgan fingerprint density at radius 1 is 0.212 bits per heavy atom. The van der Waals surface area contributed by atoms with Crippen molar-refractivity contribution in [2.24, 2.45) is 0 Å². The maximum absolute atomic E-state index is 10.5. The SMILES string of the molecule is CC(C)Oc1nc(-c2c(O)cccc2O)nc(-c2cc3c4ccccc4ccc3c3ccccc23)n1.CC(C)Oc1nc(-c2ccc3cc4ccccc4cc3c2)nc(-c2c(O)cccc2O)n1.CCOc1nc(-c2c(O)cccc2O)nc(-c2cc3ccccc3c3ccccc23)n1.CCOc1nc(-c2c(O)cccc2O)nc(-c2ccc3ccc4cccc5ccc2c3c45)n1. The number of fused-ring (bicyclic) bond motifs is 10. The summed E-state index contributed by atoms with van der Waals surface area (Å²) < 4.78 is 22.8. The molecule has 0 saturated heterocycles. The zero-order chi connectivity index (χ0) is 91.0. The number of aromatic nitrogens is 12. The second-order valence-corrected chi connectivity index (χ2v) is 31.7. The molecule has 0 saturated carbocycles. The van der Waals surface area contributed by atoms with Crippen LogP contribution < -0.4 is 18.9 Å². The van der Waals surface area contributed by atoms with Gasteiger partial charge in [0.25, 0.3) is 0 Å². The standard InChI is InChI=1S/C30H23N3O3.C27H19N3O3.C26H21N3O3.C25H19N3O3/c1-17(2)36-30-32-28(31-29(33-30)27-25(34)12-7-13-26(27)35)24-16-23-19-9-4-3-8-18(19)14-15-22(23)20-10-5-6-11-21(20)24;1-2-33-27-29-25(28-26(30-27)24-20(31)7-4-8-21(24)32)19-14-12-17-10-9-15-5-3-6-16-11-13-18(19)23(17)22(15)16;1-15(2)32-26-28-24(27-25(29-26)23-21(30)8-5-9-22(23)31)19-11-10-18-12-16-6-3-4-7-17(16)13-20(18)14-19;1-2-31-25-27-23(26-24(28-25)22-20(29)12-7-13-21(22)30)19-14-15-8-3-4-9-16(15)17-10-5-6-11-18(17)19/h3-17,34-35H,1-2H3;3-14,31-32H,2H2,1H3;3-15,30-31H,1-2H3;3-14,29-30H,2H2,1H3. The Bertz CT molecular complexity index is 8150. The van der Waals surface area contributed by atoms with Gasteiger partial charge in [0.15, 0.2) is 46.6 Å². The number of benzene rings is 18. The van der Waals surface area contributed by atoms with E-state index in [4.69, 9.17) is 23.9 Å². The van der Waals surface area contributed by atoms with Crippen LogP contribution in [0.2, 0.25) is 0 Å². The van der Waals surface area contributed by atoms with Crippen molar-refractivity contribution in [1.29, 1.82) is 0 Å². The zero-order valence-electron chi connectivity index (χ0n) is 72.0. The molecule has 0 unspecified atom stereocenters. The topological polar surface area (TPSA) is 353 Å². The van der Waals surface area contributed by atoms with E-state index in [2.05, 4.69) is 176 Å². The molecule has 0 atom stereocenters. The first-order valence-electron chi connectivity index (χ1n) is 42.8. The first-order chi connectivity index (χ1) is 64.3. The van der Waals surface area contributed by atoms with Crippen LogP contribution in [0.15, 0.2) is 303 Å². The normalized spacial score (nSPS) is 11.4. The summed E-state index contributed by atoms with van der Waals surface area (Å²) in [7, 11) is 0. The molecule has 4 aromatic heterocycles. The van der Waals surface area contributed by atoms with E-state index in [1.807, 2.05) is 151 Å². The van der Waals surface area contributed by atoms with E-state index in [-0.39, 0.29) is 128 Å². The van der Waals surface area contributed by atoms with Crippen LogP contribution in [0.1, 0.15) is 41.5 Å². The van der Waals surface area contributed by atoms with Gasteiger partial charge < -0.3 is 59.8 Å². The summed E-state index contributed by atoms with van der Waals surface area (Å²) in [5.41, 5.74) is 3.76. The van der Waals surface area contributed by atoms with Crippen molar-refractivity contribution < 1.29 is 59.8 Å². The molecule has 0 amide bonds. The highest BCUT2D eigenvalue weighted by Gasteiger charge is 2.26. The Balaban J connectivity index is 0.000000114. The Kier molecular flexibility index (Phi) is 22.7. The third-order valence-corrected chi connectivity index (χ3v) is 22.4. The number of ether oxygens (including phenoxy) is 4. The van der Waals surface area contributed by atoms with Crippen LogP contribution in [0.3, 0.4) is 0 Å². The average Bonchev–Trinajstić information content (AvgIpc) is 0.735. The molecule has 0 radical (unpaired) electrons. The molecule has 18 aromatic carbocycles. The van der Waals surface area contributed by atoms with E-state index < -0.39 is 0 Å². The highest BCUT2D eigenvalue weighted by atomic mass is 16.5. The molecule has 24 nitrogen and oxygen atoms in total. The number of phenolic OH excluding ortho intramolecular Hbond substituents is 8. The lowest BCUT2D eigenvalue weighted by atomic mass is 9.92. The smallest absolute Gasteiger partial charge is 0.320 e. The lowest BCUT2D eigenvalue weighted by molar-refractivity contribution is 0.221. The molecule has 0 bridgehead atoms. The summed E-state index contributed by atoms with van der Waals surface area (Å²) >= 11 is 0. The molecule has 0 fully saturated rings. The molecule has 0 aliphatic rings. The molecule has 4 heterocycles. The zero-order valence-corrected chi connectivity index (χ0v) is 72.0. The highest BCUT2D eigenvalue weighted by molar-refractivity contribution is 6.26. The monoisotopic (exact) mass is 1740 g/mol. The summed E-state index contributed by atoms with van der Waals surface area (Å²) in [6.45, 7) is 11.9. The predicted octanol–water partition coefficient (Wildman–Crippen LogP) is 23.8. The Morgan fingerprint density at radius 3 is 1.01 bits per heavy atom. The van der Waals surface area contributed by atoms with Crippen LogP contribution in [0.25, 0.3) is 199 Å². The maximum atomic E-state index is 10.5. The fraction of sp³-hybridized carbons (Fsp3) is 0.0926. The molecule has 22 aromatic rings. The number of hydrogen-bond acceptors (Lipinski definition) is 24. The van der Waals surface area contributed by atoms with Crippen LogP contribution in [0, 0.1) is 0 Å². The number of rotatable bonds is 16. The molecule has 132 heavy (non-hydrogen) atoms. The van der Waals surface area contributed by atoms with Crippen molar-refractivity contribution in [3.8, 4) is 161 Å². The van der Waals surface area contributed by atoms with Crippen molar-refractivity contribution in [3.63, 3.8) is 0 Å². The fourth-order valence-electron chi connectivity index (χ4n) is 16.6. The molecular formula is C108H82N12O12. The summed E-state index contributed by atoms with van der Waals surface area (Å²) in [6.07, 6.45) is -0.331. The van der Waals surface area contributed by atoms with Gasteiger partial charge in [-0.1, -0.05) is 218 Å². The van der Waals surface area contributed by atoms with Gasteiger partial charge in [0.2, 0.25) is 0 Å². The van der Waals surface area contributed by atoms with E-state index in [0.29, 0.717) is 36.5 Å². The van der Waals surface area contributed by atoms with Crippen molar-refractivity contribution >= 4 is 108 Å². The minimum atomic E-state index is -0.177. The summed E-state index contributed by atoms with van der Waals surface area (Å²) in [5.74, 6) is 1.16.